The van der Waals surface area contributed by atoms with Crippen LogP contribution < -0.4 is 16.9 Å². The number of carboxylic acid groups (broad SMARTS) is 1. The third-order valence-electron chi connectivity index (χ3n) is 1.78. The average molecular weight is 233 g/mol. The molecule has 1 unspecified atom stereocenters. The zero-order valence-corrected chi connectivity index (χ0v) is 8.79. The van der Waals surface area contributed by atoms with Crippen LogP contribution in [-0.4, -0.2) is 34.7 Å². The van der Waals surface area contributed by atoms with Crippen molar-refractivity contribution in [3.63, 3.8) is 0 Å². The summed E-state index contributed by atoms with van der Waals surface area (Å²) in [5.74, 6) is -1.56. The highest BCUT2D eigenvalue weighted by Crippen LogP contribution is 2.06. The lowest BCUT2D eigenvalue weighted by molar-refractivity contribution is -0.549. The lowest BCUT2D eigenvalue weighted by Gasteiger charge is -2.13. The number of nitrogens with zero attached hydrogens (tertiary/aromatic N) is 2. The number of carbonyl (C=O) groups is 1. The molecule has 0 spiro atoms. The molecule has 16 heavy (non-hydrogen) atoms. The molecule has 0 aromatic rings. The molecule has 0 aromatic carbocycles. The van der Waals surface area contributed by atoms with Crippen molar-refractivity contribution in [3.05, 3.63) is 10.1 Å². The smallest absolute Gasteiger partial charge is 0.332 e. The largest absolute Gasteiger partial charge is 0.480 e. The zero-order chi connectivity index (χ0) is 12.7. The van der Waals surface area contributed by atoms with Gasteiger partial charge >= 0.3 is 5.97 Å². The number of hydrogen-bond acceptors (Lipinski definition) is 4. The predicted molar refractivity (Wildman–Crippen MR) is 56.0 cm³/mol. The molecule has 0 bridgehead atoms. The van der Waals surface area contributed by atoms with Crippen molar-refractivity contribution >= 4 is 11.9 Å². The molecule has 9 nitrogen and oxygen atoms in total. The van der Waals surface area contributed by atoms with Crippen LogP contribution in [0.4, 0.5) is 0 Å². The monoisotopic (exact) mass is 233 g/mol. The zero-order valence-electron chi connectivity index (χ0n) is 8.79. The van der Waals surface area contributed by atoms with E-state index in [9.17, 15) is 14.9 Å². The second-order valence-corrected chi connectivity index (χ2v) is 3.38. The Balaban J connectivity index is 4.23. The Morgan fingerprint density at radius 3 is 2.56 bits per heavy atom. The molecule has 0 amide bonds. The van der Waals surface area contributed by atoms with E-state index in [1.807, 2.05) is 0 Å². The third-order valence-corrected chi connectivity index (χ3v) is 1.78. The highest BCUT2D eigenvalue weighted by atomic mass is 16.7. The van der Waals surface area contributed by atoms with Gasteiger partial charge in [-0.15, -0.1) is 5.43 Å². The number of hydrogen-bond donors (Lipinski definition) is 4. The number of guanidine groups is 1. The molecule has 0 saturated carbocycles. The van der Waals surface area contributed by atoms with Gasteiger partial charge in [0.15, 0.2) is 17.0 Å². The molecule has 0 aliphatic rings. The number of nitrogens with two attached hydrogens (primary N) is 2. The van der Waals surface area contributed by atoms with Crippen molar-refractivity contribution in [2.24, 2.45) is 22.4 Å². The van der Waals surface area contributed by atoms with Gasteiger partial charge in [-0.05, 0) is 12.3 Å². The summed E-state index contributed by atoms with van der Waals surface area (Å²) in [6.07, 6.45) is 0.0626. The van der Waals surface area contributed by atoms with Crippen LogP contribution >= 0.6 is 0 Å². The first-order valence-electron chi connectivity index (χ1n) is 4.51. The minimum atomic E-state index is -1.28. The molecule has 0 fully saturated rings. The minimum absolute atomic E-state index is 0.0626. The number of hydrazine groups is 1. The Labute approximate surface area is 91.6 Å². The van der Waals surface area contributed by atoms with Crippen molar-refractivity contribution < 1.29 is 14.9 Å². The first-order chi connectivity index (χ1) is 7.32. The summed E-state index contributed by atoms with van der Waals surface area (Å²) in [5.41, 5.74) is 11.9. The first-order valence-corrected chi connectivity index (χ1v) is 4.51. The van der Waals surface area contributed by atoms with Crippen molar-refractivity contribution in [2.45, 2.75) is 19.4 Å². The maximum Gasteiger partial charge on any atom is 0.332 e. The summed E-state index contributed by atoms with van der Waals surface area (Å²) in [4.78, 5) is 24.5. The molecule has 2 atom stereocenters. The van der Waals surface area contributed by atoms with E-state index in [1.54, 1.807) is 12.3 Å². The van der Waals surface area contributed by atoms with Gasteiger partial charge in [0.05, 0.1) is 0 Å². The maximum absolute atomic E-state index is 10.7. The molecule has 0 rings (SSSR count). The Hall–Kier alpha value is -2.06. The summed E-state index contributed by atoms with van der Waals surface area (Å²) in [6, 6.07) is -1.25. The van der Waals surface area contributed by atoms with Crippen molar-refractivity contribution in [1.29, 1.82) is 0 Å². The number of carboxylic acids is 1. The summed E-state index contributed by atoms with van der Waals surface area (Å²) < 4.78 is 0. The van der Waals surface area contributed by atoms with Gasteiger partial charge in [0.1, 0.15) is 0 Å². The molecule has 0 radical (unpaired) electrons. The van der Waals surface area contributed by atoms with E-state index < -0.39 is 17.0 Å². The van der Waals surface area contributed by atoms with Crippen molar-refractivity contribution in [3.8, 4) is 0 Å². The van der Waals surface area contributed by atoms with Gasteiger partial charge in [-0.3, -0.25) is 4.99 Å². The van der Waals surface area contributed by atoms with Crippen LogP contribution in [0.2, 0.25) is 0 Å². The minimum Gasteiger partial charge on any atom is -0.480 e. The highest BCUT2D eigenvalue weighted by Gasteiger charge is 2.24. The lowest BCUT2D eigenvalue weighted by atomic mass is 10.0. The van der Waals surface area contributed by atoms with Gasteiger partial charge in [0.2, 0.25) is 0 Å². The lowest BCUT2D eigenvalue weighted by Crippen LogP contribution is -2.41. The summed E-state index contributed by atoms with van der Waals surface area (Å²) in [6.45, 7) is 1.93. The number of aliphatic carboxylic acids is 1. The van der Waals surface area contributed by atoms with Crippen LogP contribution in [0.15, 0.2) is 4.99 Å². The molecule has 0 heterocycles. The maximum atomic E-state index is 10.7. The Morgan fingerprint density at radius 2 is 2.19 bits per heavy atom. The standard InChI is InChI=1S/C7H15N5O4/c1-4(3-10-7(8)9)2-5(6(13)14)11-12(15)16/h4-5,11H,2-3H2,1H3,(H,13,14)(H4,8,9,10)/t4?,5-/m0/s1. The van der Waals surface area contributed by atoms with Crippen LogP contribution in [0.1, 0.15) is 13.3 Å². The third kappa shape index (κ3) is 6.40. The van der Waals surface area contributed by atoms with E-state index in [2.05, 4.69) is 4.99 Å². The van der Waals surface area contributed by atoms with Gasteiger partial charge in [-0.25, -0.2) is 14.9 Å². The molecule has 0 aromatic heterocycles. The molecule has 92 valence electrons. The normalized spacial score (nSPS) is 13.6. The van der Waals surface area contributed by atoms with Gasteiger partial charge < -0.3 is 16.6 Å². The average Bonchev–Trinajstić information content (AvgIpc) is 2.12. The quantitative estimate of drug-likeness (QED) is 0.181. The fourth-order valence-electron chi connectivity index (χ4n) is 1.07. The Morgan fingerprint density at radius 1 is 1.62 bits per heavy atom. The second kappa shape index (κ2) is 6.43. The van der Waals surface area contributed by atoms with E-state index in [1.165, 1.54) is 0 Å². The summed E-state index contributed by atoms with van der Waals surface area (Å²) >= 11 is 0. The summed E-state index contributed by atoms with van der Waals surface area (Å²) in [5, 5.41) is 17.9. The van der Waals surface area contributed by atoms with E-state index >= 15 is 0 Å². The topological polar surface area (TPSA) is 157 Å². The first kappa shape index (κ1) is 13.9. The predicted octanol–water partition coefficient (Wildman–Crippen LogP) is -1.48. The molecule has 0 aliphatic carbocycles. The van der Waals surface area contributed by atoms with E-state index in [0.717, 1.165) is 0 Å². The summed E-state index contributed by atoms with van der Waals surface area (Å²) in [7, 11) is 0. The van der Waals surface area contributed by atoms with Crippen LogP contribution in [0.3, 0.4) is 0 Å². The molecular weight excluding hydrogens is 218 g/mol. The Bertz CT molecular complexity index is 289. The van der Waals surface area contributed by atoms with Crippen LogP contribution in [-0.2, 0) is 4.79 Å². The molecule has 9 heteroatoms. The second-order valence-electron chi connectivity index (χ2n) is 3.38. The van der Waals surface area contributed by atoms with Gasteiger partial charge in [0.25, 0.3) is 0 Å². The van der Waals surface area contributed by atoms with Crippen LogP contribution in [0.5, 0.6) is 0 Å². The van der Waals surface area contributed by atoms with Crippen molar-refractivity contribution in [1.82, 2.24) is 5.43 Å². The fraction of sp³-hybridized carbons (Fsp3) is 0.714. The number of rotatable bonds is 7. The molecule has 0 aliphatic heterocycles. The number of aliphatic imine (C=N–C) groups is 1. The molecule has 0 saturated heterocycles. The van der Waals surface area contributed by atoms with Gasteiger partial charge in [-0.2, -0.15) is 0 Å². The van der Waals surface area contributed by atoms with Gasteiger partial charge in [-0.1, -0.05) is 6.92 Å². The van der Waals surface area contributed by atoms with Crippen LogP contribution in [0.25, 0.3) is 0 Å². The van der Waals surface area contributed by atoms with E-state index in [-0.39, 0.29) is 24.8 Å². The molecule has 6 N–H and O–H groups in total. The molecular formula is C7H15N5O4. The van der Waals surface area contributed by atoms with Gasteiger partial charge in [0, 0.05) is 6.54 Å². The fourth-order valence-corrected chi connectivity index (χ4v) is 1.07. The number of nitrogens with one attached hydrogen (secondary N) is 1. The van der Waals surface area contributed by atoms with E-state index in [4.69, 9.17) is 16.6 Å². The Kier molecular flexibility index (Phi) is 5.60. The van der Waals surface area contributed by atoms with Crippen LogP contribution in [0, 0.1) is 16.0 Å². The van der Waals surface area contributed by atoms with E-state index in [0.29, 0.717) is 0 Å². The SMILES string of the molecule is CC(CN=C(N)N)C[C@H](N[N+](=O)[O-])C(=O)O. The highest BCUT2D eigenvalue weighted by molar-refractivity contribution is 5.75. The number of nitro groups is 1. The van der Waals surface area contributed by atoms with Crippen molar-refractivity contribution in [2.75, 3.05) is 6.54 Å².